The molecule has 6 nitrogen and oxygen atoms in total. The summed E-state index contributed by atoms with van der Waals surface area (Å²) in [7, 11) is 1.30. The molecule has 96 valence electrons. The summed E-state index contributed by atoms with van der Waals surface area (Å²) < 4.78 is 6.31. The molecule has 0 saturated heterocycles. The van der Waals surface area contributed by atoms with Crippen molar-refractivity contribution in [2.45, 2.75) is 19.9 Å². The van der Waals surface area contributed by atoms with Crippen molar-refractivity contribution in [2.24, 2.45) is 0 Å². The van der Waals surface area contributed by atoms with E-state index in [2.05, 4.69) is 14.7 Å². The van der Waals surface area contributed by atoms with Crippen molar-refractivity contribution in [2.75, 3.05) is 12.8 Å². The molecule has 0 bridgehead atoms. The largest absolute Gasteiger partial charge is 0.464 e. The summed E-state index contributed by atoms with van der Waals surface area (Å²) in [6.45, 7) is 2.61. The van der Waals surface area contributed by atoms with E-state index in [9.17, 15) is 4.79 Å². The second-order valence-electron chi connectivity index (χ2n) is 3.77. The molecule has 0 amide bonds. The number of hydrogen-bond donors (Lipinski definition) is 1. The molecule has 0 fully saturated rings. The lowest BCUT2D eigenvalue weighted by Gasteiger charge is -2.03. The normalized spacial score (nSPS) is 10.6. The van der Waals surface area contributed by atoms with Gasteiger partial charge in [-0.15, -0.1) is 11.3 Å². The van der Waals surface area contributed by atoms with Gasteiger partial charge in [-0.05, 0) is 6.92 Å². The minimum Gasteiger partial charge on any atom is -0.464 e. The summed E-state index contributed by atoms with van der Waals surface area (Å²) in [5.41, 5.74) is 7.01. The van der Waals surface area contributed by atoms with Crippen LogP contribution in [-0.4, -0.2) is 27.6 Å². The molecule has 2 heterocycles. The number of ether oxygens (including phenoxy) is 1. The quantitative estimate of drug-likeness (QED) is 0.842. The van der Waals surface area contributed by atoms with E-state index in [-0.39, 0.29) is 5.69 Å². The maximum absolute atomic E-state index is 11.3. The molecule has 7 heteroatoms. The van der Waals surface area contributed by atoms with Crippen molar-refractivity contribution in [1.82, 2.24) is 14.5 Å². The highest BCUT2D eigenvalue weighted by atomic mass is 32.1. The van der Waals surface area contributed by atoms with Crippen LogP contribution in [-0.2, 0) is 17.7 Å². The van der Waals surface area contributed by atoms with Gasteiger partial charge in [0.15, 0.2) is 5.69 Å². The van der Waals surface area contributed by atoms with Crippen LogP contribution in [0, 0.1) is 6.92 Å². The van der Waals surface area contributed by atoms with Gasteiger partial charge in [0.25, 0.3) is 0 Å². The van der Waals surface area contributed by atoms with Gasteiger partial charge in [-0.2, -0.15) is 0 Å². The molecule has 0 spiro atoms. The van der Waals surface area contributed by atoms with Gasteiger partial charge in [0.1, 0.15) is 5.82 Å². The molecular formula is C11H14N4O2S. The van der Waals surface area contributed by atoms with E-state index in [1.165, 1.54) is 7.11 Å². The Morgan fingerprint density at radius 3 is 3.00 bits per heavy atom. The number of carbonyl (C=O) groups is 1. The number of nitrogens with two attached hydrogens (primary N) is 1. The Bertz CT molecular complexity index is 561. The summed E-state index contributed by atoms with van der Waals surface area (Å²) in [6.07, 6.45) is 2.30. The number of rotatable bonds is 4. The number of anilines is 1. The van der Waals surface area contributed by atoms with Crippen LogP contribution in [0.4, 0.5) is 5.82 Å². The van der Waals surface area contributed by atoms with Crippen molar-refractivity contribution in [1.29, 1.82) is 0 Å². The van der Waals surface area contributed by atoms with Crippen LogP contribution >= 0.6 is 11.3 Å². The Kier molecular flexibility index (Phi) is 3.61. The van der Waals surface area contributed by atoms with Crippen LogP contribution in [0.2, 0.25) is 0 Å². The van der Waals surface area contributed by atoms with E-state index in [0.717, 1.165) is 17.1 Å². The molecule has 2 aromatic heterocycles. The third kappa shape index (κ3) is 2.51. The van der Waals surface area contributed by atoms with Gasteiger partial charge in [0.05, 0.1) is 24.1 Å². The number of carbonyl (C=O) groups excluding carboxylic acids is 1. The molecule has 2 rings (SSSR count). The number of nitrogen functional groups attached to an aromatic ring is 1. The monoisotopic (exact) mass is 266 g/mol. The van der Waals surface area contributed by atoms with Crippen molar-refractivity contribution in [3.8, 4) is 0 Å². The number of aryl methyl sites for hydroxylation is 3. The average Bonchev–Trinajstić information content (AvgIpc) is 2.92. The number of esters is 1. The first-order chi connectivity index (χ1) is 8.61. The third-order valence-electron chi connectivity index (χ3n) is 2.53. The van der Waals surface area contributed by atoms with Crippen LogP contribution in [0.15, 0.2) is 11.7 Å². The van der Waals surface area contributed by atoms with Crippen LogP contribution in [0.25, 0.3) is 0 Å². The van der Waals surface area contributed by atoms with Gasteiger partial charge in [-0.3, -0.25) is 0 Å². The molecule has 0 atom stereocenters. The molecule has 2 aromatic rings. The van der Waals surface area contributed by atoms with E-state index in [1.807, 2.05) is 12.3 Å². The highest BCUT2D eigenvalue weighted by molar-refractivity contribution is 7.09. The lowest BCUT2D eigenvalue weighted by atomic mass is 10.3. The first kappa shape index (κ1) is 12.6. The zero-order valence-corrected chi connectivity index (χ0v) is 11.0. The highest BCUT2D eigenvalue weighted by Gasteiger charge is 2.15. The zero-order chi connectivity index (χ0) is 13.1. The zero-order valence-electron chi connectivity index (χ0n) is 10.2. The van der Waals surface area contributed by atoms with E-state index < -0.39 is 5.97 Å². The summed E-state index contributed by atoms with van der Waals surface area (Å²) in [6, 6.07) is 0. The lowest BCUT2D eigenvalue weighted by Crippen LogP contribution is -2.09. The summed E-state index contributed by atoms with van der Waals surface area (Å²) in [5, 5.41) is 3.06. The SMILES string of the molecule is COC(=O)c1ncn(CCc2csc(C)n2)c1N. The fraction of sp³-hybridized carbons (Fsp3) is 0.364. The maximum atomic E-state index is 11.3. The molecule has 18 heavy (non-hydrogen) atoms. The summed E-state index contributed by atoms with van der Waals surface area (Å²) >= 11 is 1.62. The molecule has 0 radical (unpaired) electrons. The van der Waals surface area contributed by atoms with E-state index in [4.69, 9.17) is 5.73 Å². The van der Waals surface area contributed by atoms with Crippen LogP contribution in [0.1, 0.15) is 21.2 Å². The first-order valence-electron chi connectivity index (χ1n) is 5.41. The van der Waals surface area contributed by atoms with Crippen LogP contribution < -0.4 is 5.73 Å². The van der Waals surface area contributed by atoms with Gasteiger partial charge in [0.2, 0.25) is 0 Å². The van der Waals surface area contributed by atoms with Crippen molar-refractivity contribution in [3.63, 3.8) is 0 Å². The number of nitrogens with zero attached hydrogens (tertiary/aromatic N) is 3. The number of aromatic nitrogens is 3. The minimum atomic E-state index is -0.518. The minimum absolute atomic E-state index is 0.159. The Morgan fingerprint density at radius 1 is 1.61 bits per heavy atom. The molecular weight excluding hydrogens is 252 g/mol. The van der Waals surface area contributed by atoms with Gasteiger partial charge in [-0.1, -0.05) is 0 Å². The van der Waals surface area contributed by atoms with Crippen LogP contribution in [0.3, 0.4) is 0 Å². The third-order valence-corrected chi connectivity index (χ3v) is 3.35. The lowest BCUT2D eigenvalue weighted by molar-refractivity contribution is 0.0596. The van der Waals surface area contributed by atoms with Crippen LogP contribution in [0.5, 0.6) is 0 Å². The molecule has 0 aliphatic carbocycles. The fourth-order valence-electron chi connectivity index (χ4n) is 1.58. The number of methoxy groups -OCH3 is 1. The first-order valence-corrected chi connectivity index (χ1v) is 6.29. The van der Waals surface area contributed by atoms with Crippen molar-refractivity contribution < 1.29 is 9.53 Å². The topological polar surface area (TPSA) is 83.0 Å². The predicted octanol–water partition coefficient (Wildman–Crippen LogP) is 1.26. The second kappa shape index (κ2) is 5.18. The number of hydrogen-bond acceptors (Lipinski definition) is 6. The molecule has 0 saturated carbocycles. The Morgan fingerprint density at radius 2 is 2.39 bits per heavy atom. The molecule has 0 aliphatic rings. The molecule has 0 aliphatic heterocycles. The Balaban J connectivity index is 2.06. The average molecular weight is 266 g/mol. The standard InChI is InChI=1S/C11H14N4O2S/c1-7-14-8(5-18-7)3-4-15-6-13-9(10(15)12)11(16)17-2/h5-6H,3-4,12H2,1-2H3. The molecule has 0 unspecified atom stereocenters. The maximum Gasteiger partial charge on any atom is 0.360 e. The summed E-state index contributed by atoms with van der Waals surface area (Å²) in [4.78, 5) is 19.7. The number of thiazole rings is 1. The second-order valence-corrected chi connectivity index (χ2v) is 4.83. The Hall–Kier alpha value is -1.89. The van der Waals surface area contributed by atoms with Gasteiger partial charge < -0.3 is 15.0 Å². The van der Waals surface area contributed by atoms with Crippen molar-refractivity contribution >= 4 is 23.1 Å². The number of imidazole rings is 1. The predicted molar refractivity (Wildman–Crippen MR) is 68.5 cm³/mol. The summed E-state index contributed by atoms with van der Waals surface area (Å²) in [5.74, 6) is -0.190. The van der Waals surface area contributed by atoms with Gasteiger partial charge in [0, 0.05) is 18.3 Å². The molecule has 2 N–H and O–H groups in total. The van der Waals surface area contributed by atoms with E-state index in [0.29, 0.717) is 12.4 Å². The fourth-order valence-corrected chi connectivity index (χ4v) is 2.23. The smallest absolute Gasteiger partial charge is 0.360 e. The Labute approximate surface area is 108 Å². The highest BCUT2D eigenvalue weighted by Crippen LogP contribution is 2.13. The van der Waals surface area contributed by atoms with Gasteiger partial charge >= 0.3 is 5.97 Å². The van der Waals surface area contributed by atoms with Gasteiger partial charge in [-0.25, -0.2) is 14.8 Å². The van der Waals surface area contributed by atoms with E-state index in [1.54, 1.807) is 22.2 Å². The van der Waals surface area contributed by atoms with E-state index >= 15 is 0 Å². The molecule has 0 aromatic carbocycles. The van der Waals surface area contributed by atoms with Crippen molar-refractivity contribution in [3.05, 3.63) is 28.1 Å².